The molecule has 1 aliphatic rings. The molecule has 2 unspecified atom stereocenters. The Labute approximate surface area is 182 Å². The van der Waals surface area contributed by atoms with Crippen molar-refractivity contribution < 1.29 is 32.3 Å². The number of hydrogen-bond donors (Lipinski definition) is 2. The van der Waals surface area contributed by atoms with Gasteiger partial charge in [0.25, 0.3) is 5.91 Å². The molecule has 1 heterocycles. The monoisotopic (exact) mass is 449 g/mol. The van der Waals surface area contributed by atoms with Gasteiger partial charge in [-0.1, -0.05) is 37.3 Å². The van der Waals surface area contributed by atoms with Crippen molar-refractivity contribution in [1.29, 1.82) is 0 Å². The molecular weight excluding hydrogens is 427 g/mol. The van der Waals surface area contributed by atoms with Crippen LogP contribution in [0.4, 0.5) is 18.0 Å². The molecule has 1 saturated heterocycles. The van der Waals surface area contributed by atoms with Crippen LogP contribution in [-0.2, 0) is 15.1 Å². The summed E-state index contributed by atoms with van der Waals surface area (Å²) in [4.78, 5) is 38.7. The summed E-state index contributed by atoms with van der Waals surface area (Å²) in [5, 5.41) is 5.18. The van der Waals surface area contributed by atoms with E-state index in [2.05, 4.69) is 15.4 Å². The zero-order valence-electron chi connectivity index (χ0n) is 17.4. The Hall–Kier alpha value is -3.56. The highest BCUT2D eigenvalue weighted by molar-refractivity contribution is 6.09. The van der Waals surface area contributed by atoms with Gasteiger partial charge in [-0.25, -0.2) is 9.18 Å². The standard InChI is InChI=1S/C22H22F3N3O4/c1-3-16(15-6-4-5-7-17(15)32-20(24)25)26-18(29)12-28-19(30)22(2,27-21(28)31)13-8-10-14(23)11-9-13/h4-11,16,20H,3,12H2,1-2H3,(H,26,29)(H,27,31). The summed E-state index contributed by atoms with van der Waals surface area (Å²) in [6.07, 6.45) is 0.350. The van der Waals surface area contributed by atoms with Crippen LogP contribution >= 0.6 is 0 Å². The van der Waals surface area contributed by atoms with Crippen LogP contribution in [0.3, 0.4) is 0 Å². The zero-order chi connectivity index (χ0) is 23.5. The molecule has 7 nitrogen and oxygen atoms in total. The fourth-order valence-electron chi connectivity index (χ4n) is 3.57. The number of nitrogens with zero attached hydrogens (tertiary/aromatic N) is 1. The number of para-hydroxylation sites is 1. The van der Waals surface area contributed by atoms with Gasteiger partial charge in [0, 0.05) is 5.56 Å². The molecule has 2 N–H and O–H groups in total. The number of urea groups is 1. The zero-order valence-corrected chi connectivity index (χ0v) is 17.4. The number of imide groups is 1. The van der Waals surface area contributed by atoms with Crippen LogP contribution in [0.25, 0.3) is 0 Å². The van der Waals surface area contributed by atoms with Gasteiger partial charge in [0.1, 0.15) is 23.7 Å². The van der Waals surface area contributed by atoms with E-state index in [1.165, 1.54) is 43.3 Å². The third-order valence-corrected chi connectivity index (χ3v) is 5.25. The molecule has 0 aliphatic carbocycles. The highest BCUT2D eigenvalue weighted by Crippen LogP contribution is 2.30. The number of alkyl halides is 2. The summed E-state index contributed by atoms with van der Waals surface area (Å²) in [6.45, 7) is -0.399. The largest absolute Gasteiger partial charge is 0.434 e. The summed E-state index contributed by atoms with van der Waals surface area (Å²) in [5.74, 6) is -1.89. The minimum absolute atomic E-state index is 0.0754. The van der Waals surface area contributed by atoms with E-state index < -0.39 is 48.4 Å². The molecule has 0 aromatic heterocycles. The van der Waals surface area contributed by atoms with E-state index in [9.17, 15) is 27.6 Å². The van der Waals surface area contributed by atoms with Gasteiger partial charge in [-0.3, -0.25) is 14.5 Å². The lowest BCUT2D eigenvalue weighted by molar-refractivity contribution is -0.135. The molecule has 3 rings (SSSR count). The van der Waals surface area contributed by atoms with Crippen molar-refractivity contribution in [1.82, 2.24) is 15.5 Å². The molecule has 0 radical (unpaired) electrons. The molecule has 32 heavy (non-hydrogen) atoms. The second-order valence-corrected chi connectivity index (χ2v) is 7.40. The van der Waals surface area contributed by atoms with Crippen LogP contribution in [-0.4, -0.2) is 35.9 Å². The number of benzene rings is 2. The van der Waals surface area contributed by atoms with Crippen LogP contribution in [0.15, 0.2) is 48.5 Å². The van der Waals surface area contributed by atoms with Crippen molar-refractivity contribution in [3.8, 4) is 5.75 Å². The maximum absolute atomic E-state index is 13.2. The molecule has 2 aromatic carbocycles. The van der Waals surface area contributed by atoms with Crippen LogP contribution in [0.1, 0.15) is 37.4 Å². The summed E-state index contributed by atoms with van der Waals surface area (Å²) in [7, 11) is 0. The van der Waals surface area contributed by atoms with Gasteiger partial charge >= 0.3 is 12.6 Å². The number of nitrogens with one attached hydrogen (secondary N) is 2. The summed E-state index contributed by atoms with van der Waals surface area (Å²) < 4.78 is 43.2. The number of hydrogen-bond acceptors (Lipinski definition) is 4. The molecule has 170 valence electrons. The molecule has 1 fully saturated rings. The van der Waals surface area contributed by atoms with Gasteiger partial charge in [0.2, 0.25) is 5.91 Å². The van der Waals surface area contributed by atoms with Gasteiger partial charge in [-0.05, 0) is 37.1 Å². The Morgan fingerprint density at radius 2 is 1.81 bits per heavy atom. The van der Waals surface area contributed by atoms with Crippen molar-refractivity contribution in [3.05, 3.63) is 65.5 Å². The van der Waals surface area contributed by atoms with Crippen LogP contribution in [0.5, 0.6) is 5.75 Å². The topological polar surface area (TPSA) is 87.7 Å². The second-order valence-electron chi connectivity index (χ2n) is 7.40. The first-order valence-electron chi connectivity index (χ1n) is 9.89. The predicted molar refractivity (Wildman–Crippen MR) is 108 cm³/mol. The maximum Gasteiger partial charge on any atom is 0.387 e. The molecule has 0 spiro atoms. The van der Waals surface area contributed by atoms with Crippen molar-refractivity contribution >= 4 is 17.8 Å². The lowest BCUT2D eigenvalue weighted by Gasteiger charge is -2.23. The molecule has 2 atom stereocenters. The van der Waals surface area contributed by atoms with E-state index in [-0.39, 0.29) is 5.75 Å². The normalized spacial score (nSPS) is 19.1. The lowest BCUT2D eigenvalue weighted by Crippen LogP contribution is -2.43. The van der Waals surface area contributed by atoms with Gasteiger partial charge < -0.3 is 15.4 Å². The van der Waals surface area contributed by atoms with Gasteiger partial charge in [0.15, 0.2) is 0 Å². The van der Waals surface area contributed by atoms with Crippen molar-refractivity contribution in [2.24, 2.45) is 0 Å². The van der Waals surface area contributed by atoms with Gasteiger partial charge in [-0.2, -0.15) is 8.78 Å². The highest BCUT2D eigenvalue weighted by atomic mass is 19.3. The summed E-state index contributed by atoms with van der Waals surface area (Å²) >= 11 is 0. The fraction of sp³-hybridized carbons (Fsp3) is 0.318. The van der Waals surface area contributed by atoms with Crippen LogP contribution < -0.4 is 15.4 Å². The van der Waals surface area contributed by atoms with E-state index in [0.29, 0.717) is 17.5 Å². The third kappa shape index (κ3) is 4.68. The Morgan fingerprint density at radius 1 is 1.16 bits per heavy atom. The van der Waals surface area contributed by atoms with E-state index >= 15 is 0 Å². The van der Waals surface area contributed by atoms with Crippen molar-refractivity contribution in [2.75, 3.05) is 6.54 Å². The molecule has 4 amide bonds. The summed E-state index contributed by atoms with van der Waals surface area (Å²) in [6, 6.07) is 9.70. The number of ether oxygens (including phenoxy) is 1. The van der Waals surface area contributed by atoms with Crippen molar-refractivity contribution in [2.45, 2.75) is 38.5 Å². The minimum Gasteiger partial charge on any atom is -0.434 e. The first-order chi connectivity index (χ1) is 15.2. The van der Waals surface area contributed by atoms with Crippen LogP contribution in [0, 0.1) is 5.82 Å². The molecule has 0 saturated carbocycles. The van der Waals surface area contributed by atoms with Crippen LogP contribution in [0.2, 0.25) is 0 Å². The van der Waals surface area contributed by atoms with Gasteiger partial charge in [-0.15, -0.1) is 0 Å². The molecule has 0 bridgehead atoms. The number of amides is 4. The molecular formula is C22H22F3N3O4. The Morgan fingerprint density at radius 3 is 2.44 bits per heavy atom. The molecule has 2 aromatic rings. The van der Waals surface area contributed by atoms with Gasteiger partial charge in [0.05, 0.1) is 6.04 Å². The highest BCUT2D eigenvalue weighted by Gasteiger charge is 2.49. The Balaban J connectivity index is 1.73. The SMILES string of the molecule is CCC(NC(=O)CN1C(=O)NC(C)(c2ccc(F)cc2)C1=O)c1ccccc1OC(F)F. The average Bonchev–Trinajstić information content (AvgIpc) is 2.96. The first-order valence-corrected chi connectivity index (χ1v) is 9.89. The third-order valence-electron chi connectivity index (χ3n) is 5.25. The molecule has 1 aliphatic heterocycles. The number of carbonyl (C=O) groups is 3. The molecule has 10 heteroatoms. The van der Waals surface area contributed by atoms with E-state index in [0.717, 1.165) is 4.90 Å². The minimum atomic E-state index is -3.03. The average molecular weight is 449 g/mol. The Bertz CT molecular complexity index is 1020. The number of rotatable bonds is 8. The van der Waals surface area contributed by atoms with E-state index in [1.807, 2.05) is 0 Å². The Kier molecular flexibility index (Phi) is 6.71. The smallest absolute Gasteiger partial charge is 0.387 e. The maximum atomic E-state index is 13.2. The fourth-order valence-corrected chi connectivity index (χ4v) is 3.57. The quantitative estimate of drug-likeness (QED) is 0.605. The first kappa shape index (κ1) is 23.1. The predicted octanol–water partition coefficient (Wildman–Crippen LogP) is 3.46. The number of halogens is 3. The number of carbonyl (C=O) groups excluding carboxylic acids is 3. The second kappa shape index (κ2) is 9.29. The lowest BCUT2D eigenvalue weighted by atomic mass is 9.92. The van der Waals surface area contributed by atoms with E-state index in [4.69, 9.17) is 0 Å². The van der Waals surface area contributed by atoms with E-state index in [1.54, 1.807) is 19.1 Å². The summed E-state index contributed by atoms with van der Waals surface area (Å²) in [5.41, 5.74) is -0.742. The van der Waals surface area contributed by atoms with Crippen molar-refractivity contribution in [3.63, 3.8) is 0 Å².